The first-order chi connectivity index (χ1) is 16.1. The van der Waals surface area contributed by atoms with Gasteiger partial charge in [0, 0.05) is 17.3 Å². The number of carbonyl (C=O) groups is 1. The molecule has 160 valence electrons. The fourth-order valence-electron chi connectivity index (χ4n) is 3.86. The van der Waals surface area contributed by atoms with Crippen molar-refractivity contribution in [1.82, 2.24) is 4.98 Å². The molecule has 0 bridgehead atoms. The second-order valence-electron chi connectivity index (χ2n) is 7.56. The number of hydrogen-bond donors (Lipinski definition) is 1. The first kappa shape index (κ1) is 20.4. The molecule has 0 spiro atoms. The van der Waals surface area contributed by atoms with Crippen molar-refractivity contribution in [3.63, 3.8) is 0 Å². The molecule has 0 saturated carbocycles. The number of carbonyl (C=O) groups excluding carboxylic acids is 1. The van der Waals surface area contributed by atoms with Gasteiger partial charge in [-0.2, -0.15) is 0 Å². The molecule has 0 saturated heterocycles. The number of fused-ring (bicyclic) bond motifs is 1. The van der Waals surface area contributed by atoms with E-state index in [9.17, 15) is 14.3 Å². The second-order valence-corrected chi connectivity index (χ2v) is 7.56. The minimum Gasteiger partial charge on any atom is -0.508 e. The van der Waals surface area contributed by atoms with Crippen molar-refractivity contribution in [2.24, 2.45) is 0 Å². The minimum atomic E-state index is -0.577. The van der Waals surface area contributed by atoms with Gasteiger partial charge in [0.05, 0.1) is 16.8 Å². The summed E-state index contributed by atoms with van der Waals surface area (Å²) in [7, 11) is 0. The molecule has 1 N–H and O–H groups in total. The van der Waals surface area contributed by atoms with Crippen LogP contribution in [0.5, 0.6) is 5.75 Å². The van der Waals surface area contributed by atoms with Crippen molar-refractivity contribution in [1.29, 1.82) is 0 Å². The van der Waals surface area contributed by atoms with E-state index in [4.69, 9.17) is 0 Å². The smallest absolute Gasteiger partial charge is 0.265 e. The lowest BCUT2D eigenvalue weighted by atomic mass is 10.0. The van der Waals surface area contributed by atoms with Crippen LogP contribution in [-0.2, 0) is 0 Å². The number of aromatic hydroxyl groups is 1. The predicted molar refractivity (Wildman–Crippen MR) is 128 cm³/mol. The van der Waals surface area contributed by atoms with Gasteiger partial charge in [-0.25, -0.2) is 4.39 Å². The molecule has 0 radical (unpaired) electrons. The third-order valence-electron chi connectivity index (χ3n) is 5.48. The van der Waals surface area contributed by atoms with E-state index >= 15 is 0 Å². The third-order valence-corrected chi connectivity index (χ3v) is 5.48. The van der Waals surface area contributed by atoms with Gasteiger partial charge in [0.25, 0.3) is 5.91 Å². The van der Waals surface area contributed by atoms with Crippen LogP contribution in [-0.4, -0.2) is 16.0 Å². The molecule has 5 aromatic rings. The minimum absolute atomic E-state index is 0.0130. The van der Waals surface area contributed by atoms with E-state index in [-0.39, 0.29) is 11.3 Å². The van der Waals surface area contributed by atoms with E-state index in [2.05, 4.69) is 4.98 Å². The third kappa shape index (κ3) is 3.92. The maximum atomic E-state index is 14.6. The Hall–Kier alpha value is -4.51. The number of aromatic nitrogens is 1. The number of amides is 1. The molecule has 0 unspecified atom stereocenters. The number of hydrogen-bond acceptors (Lipinski definition) is 3. The van der Waals surface area contributed by atoms with Crippen molar-refractivity contribution in [2.45, 2.75) is 0 Å². The fourth-order valence-corrected chi connectivity index (χ4v) is 3.86. The molecule has 5 rings (SSSR count). The molecule has 4 aromatic carbocycles. The summed E-state index contributed by atoms with van der Waals surface area (Å²) >= 11 is 0. The van der Waals surface area contributed by atoms with Gasteiger partial charge >= 0.3 is 0 Å². The Balaban J connectivity index is 1.72. The topological polar surface area (TPSA) is 53.4 Å². The maximum absolute atomic E-state index is 14.6. The van der Waals surface area contributed by atoms with Crippen LogP contribution in [0.2, 0.25) is 0 Å². The zero-order valence-electron chi connectivity index (χ0n) is 17.5. The Morgan fingerprint density at radius 3 is 2.24 bits per heavy atom. The maximum Gasteiger partial charge on any atom is 0.265 e. The number of rotatable bonds is 4. The van der Waals surface area contributed by atoms with Crippen LogP contribution >= 0.6 is 0 Å². The Labute approximate surface area is 190 Å². The number of nitrogens with zero attached hydrogens (tertiary/aromatic N) is 2. The van der Waals surface area contributed by atoms with Gasteiger partial charge in [-0.15, -0.1) is 0 Å². The SMILES string of the molecule is O=C(c1ccccc1F)N(c1ccccc1)c1ccnc2ccc(-c3ccc(O)cc3)cc12. The van der Waals surface area contributed by atoms with E-state index < -0.39 is 11.7 Å². The Morgan fingerprint density at radius 1 is 0.788 bits per heavy atom. The van der Waals surface area contributed by atoms with Crippen molar-refractivity contribution >= 4 is 28.2 Å². The molecular formula is C28H19FN2O2. The average molecular weight is 434 g/mol. The second kappa shape index (κ2) is 8.55. The summed E-state index contributed by atoms with van der Waals surface area (Å²) in [6.07, 6.45) is 1.64. The van der Waals surface area contributed by atoms with E-state index in [0.29, 0.717) is 16.9 Å². The molecule has 0 fully saturated rings. The van der Waals surface area contributed by atoms with Gasteiger partial charge in [-0.3, -0.25) is 14.7 Å². The van der Waals surface area contributed by atoms with Crippen molar-refractivity contribution < 1.29 is 14.3 Å². The number of pyridine rings is 1. The lowest BCUT2D eigenvalue weighted by Gasteiger charge is -2.25. The summed E-state index contributed by atoms with van der Waals surface area (Å²) in [5.74, 6) is -0.860. The molecular weight excluding hydrogens is 415 g/mol. The lowest BCUT2D eigenvalue weighted by Crippen LogP contribution is -2.27. The number of anilines is 2. The Bertz CT molecular complexity index is 1450. The average Bonchev–Trinajstić information content (AvgIpc) is 2.85. The monoisotopic (exact) mass is 434 g/mol. The highest BCUT2D eigenvalue weighted by atomic mass is 19.1. The Kier molecular flexibility index (Phi) is 5.29. The molecule has 1 heterocycles. The highest BCUT2D eigenvalue weighted by Crippen LogP contribution is 2.35. The summed E-state index contributed by atoms with van der Waals surface area (Å²) in [5, 5.41) is 10.4. The van der Waals surface area contributed by atoms with Crippen molar-refractivity contribution in [2.75, 3.05) is 4.90 Å². The number of phenolic OH excluding ortho intramolecular Hbond substituents is 1. The van der Waals surface area contributed by atoms with Crippen LogP contribution in [0.1, 0.15) is 10.4 Å². The zero-order chi connectivity index (χ0) is 22.8. The van der Waals surface area contributed by atoms with Gasteiger partial charge in [-0.05, 0) is 65.7 Å². The van der Waals surface area contributed by atoms with Gasteiger partial charge in [0.15, 0.2) is 0 Å². The van der Waals surface area contributed by atoms with Crippen LogP contribution in [0.4, 0.5) is 15.8 Å². The van der Waals surface area contributed by atoms with Gasteiger partial charge in [0.1, 0.15) is 11.6 Å². The first-order valence-electron chi connectivity index (χ1n) is 10.4. The van der Waals surface area contributed by atoms with Crippen LogP contribution in [0.15, 0.2) is 109 Å². The fraction of sp³-hybridized carbons (Fsp3) is 0. The van der Waals surface area contributed by atoms with Gasteiger partial charge in [-0.1, -0.05) is 48.5 Å². The standard InChI is InChI=1S/C28H19FN2O2/c29-25-9-5-4-8-23(25)28(33)31(21-6-2-1-3-7-21)27-16-17-30-26-15-12-20(18-24(26)27)19-10-13-22(32)14-11-19/h1-18,32H. The summed E-state index contributed by atoms with van der Waals surface area (Å²) in [6.45, 7) is 0. The molecule has 5 heteroatoms. The zero-order valence-corrected chi connectivity index (χ0v) is 17.5. The van der Waals surface area contributed by atoms with Gasteiger partial charge in [0.2, 0.25) is 0 Å². The number of phenols is 1. The summed E-state index contributed by atoms with van der Waals surface area (Å²) in [4.78, 5) is 19.6. The van der Waals surface area contributed by atoms with Crippen molar-refractivity contribution in [3.05, 3.63) is 121 Å². The van der Waals surface area contributed by atoms with Crippen LogP contribution in [0.25, 0.3) is 22.0 Å². The van der Waals surface area contributed by atoms with Gasteiger partial charge < -0.3 is 5.11 Å². The molecule has 0 aliphatic heterocycles. The van der Waals surface area contributed by atoms with E-state index in [0.717, 1.165) is 16.5 Å². The summed E-state index contributed by atoms with van der Waals surface area (Å²) in [5.41, 5.74) is 3.73. The van der Waals surface area contributed by atoms with Crippen molar-refractivity contribution in [3.8, 4) is 16.9 Å². The van der Waals surface area contributed by atoms with E-state index in [1.165, 1.54) is 17.0 Å². The quantitative estimate of drug-likeness (QED) is 0.341. The first-order valence-corrected chi connectivity index (χ1v) is 10.4. The van der Waals surface area contributed by atoms with E-state index in [1.807, 2.05) is 60.7 Å². The summed E-state index contributed by atoms with van der Waals surface area (Å²) in [6, 6.07) is 29.6. The van der Waals surface area contributed by atoms with Crippen LogP contribution < -0.4 is 4.90 Å². The molecule has 4 nitrogen and oxygen atoms in total. The van der Waals surface area contributed by atoms with Crippen LogP contribution in [0.3, 0.4) is 0 Å². The lowest BCUT2D eigenvalue weighted by molar-refractivity contribution is 0.0995. The Morgan fingerprint density at radius 2 is 1.48 bits per heavy atom. The van der Waals surface area contributed by atoms with Crippen LogP contribution in [0, 0.1) is 5.82 Å². The molecule has 0 aliphatic rings. The van der Waals surface area contributed by atoms with E-state index in [1.54, 1.807) is 36.5 Å². The highest BCUT2D eigenvalue weighted by Gasteiger charge is 2.24. The largest absolute Gasteiger partial charge is 0.508 e. The highest BCUT2D eigenvalue weighted by molar-refractivity contribution is 6.15. The number of benzene rings is 4. The molecule has 1 amide bonds. The molecule has 0 aliphatic carbocycles. The predicted octanol–water partition coefficient (Wildman–Crippen LogP) is 6.73. The molecule has 33 heavy (non-hydrogen) atoms. The normalized spacial score (nSPS) is 10.8. The molecule has 0 atom stereocenters. The number of halogens is 1. The number of para-hydroxylation sites is 1. The molecule has 1 aromatic heterocycles. The summed E-state index contributed by atoms with van der Waals surface area (Å²) < 4.78 is 14.6.